The Bertz CT molecular complexity index is 689. The molecule has 17 heavy (non-hydrogen) atoms. The number of nitrogens with one attached hydrogen (secondary N) is 1. The lowest BCUT2D eigenvalue weighted by atomic mass is 10.0. The summed E-state index contributed by atoms with van der Waals surface area (Å²) in [5, 5.41) is 2.67. The molecule has 1 nitrogen and oxygen atoms in total. The minimum atomic E-state index is 0.579. The SMILES string of the molecule is Cc1ccc2c(c1)[nH]c1ccc(C(C)C)cc12. The van der Waals surface area contributed by atoms with Crippen LogP contribution >= 0.6 is 0 Å². The summed E-state index contributed by atoms with van der Waals surface area (Å²) < 4.78 is 0. The summed E-state index contributed by atoms with van der Waals surface area (Å²) in [5.41, 5.74) is 5.17. The molecule has 86 valence electrons. The van der Waals surface area contributed by atoms with Crippen molar-refractivity contribution in [3.8, 4) is 0 Å². The first-order valence-corrected chi connectivity index (χ1v) is 6.17. The maximum absolute atomic E-state index is 3.48. The predicted molar refractivity (Wildman–Crippen MR) is 74.6 cm³/mol. The Hall–Kier alpha value is -1.76. The molecule has 1 heterocycles. The molecule has 1 N–H and O–H groups in total. The number of H-pyrrole nitrogens is 1. The quantitative estimate of drug-likeness (QED) is 0.612. The monoisotopic (exact) mass is 223 g/mol. The Morgan fingerprint density at radius 3 is 2.47 bits per heavy atom. The van der Waals surface area contributed by atoms with Gasteiger partial charge in [-0.1, -0.05) is 32.0 Å². The summed E-state index contributed by atoms with van der Waals surface area (Å²) in [5.74, 6) is 0.579. The Morgan fingerprint density at radius 1 is 0.882 bits per heavy atom. The van der Waals surface area contributed by atoms with Crippen LogP contribution in [-0.2, 0) is 0 Å². The second-order valence-corrected chi connectivity index (χ2v) is 5.13. The first-order valence-electron chi connectivity index (χ1n) is 6.17. The second kappa shape index (κ2) is 3.63. The Labute approximate surface area is 101 Å². The summed E-state index contributed by atoms with van der Waals surface area (Å²) in [6.07, 6.45) is 0. The van der Waals surface area contributed by atoms with Gasteiger partial charge in [0.25, 0.3) is 0 Å². The lowest BCUT2D eigenvalue weighted by Gasteiger charge is -2.04. The highest BCUT2D eigenvalue weighted by molar-refractivity contribution is 6.07. The number of rotatable bonds is 1. The van der Waals surface area contributed by atoms with E-state index >= 15 is 0 Å². The predicted octanol–water partition coefficient (Wildman–Crippen LogP) is 4.75. The van der Waals surface area contributed by atoms with Crippen LogP contribution in [0.4, 0.5) is 0 Å². The molecule has 0 spiro atoms. The molecule has 1 aromatic heterocycles. The summed E-state index contributed by atoms with van der Waals surface area (Å²) in [4.78, 5) is 3.48. The van der Waals surface area contributed by atoms with Crippen LogP contribution in [0.25, 0.3) is 21.8 Å². The standard InChI is InChI=1S/C16H17N/c1-10(2)12-5-7-15-14(9-12)13-6-4-11(3)8-16(13)17-15/h4-10,17H,1-3H3. The molecule has 0 aliphatic rings. The number of aromatic amines is 1. The molecule has 3 rings (SSSR count). The normalized spacial score (nSPS) is 11.8. The smallest absolute Gasteiger partial charge is 0.0467 e. The van der Waals surface area contributed by atoms with E-state index in [-0.39, 0.29) is 0 Å². The molecule has 0 atom stereocenters. The van der Waals surface area contributed by atoms with Gasteiger partial charge in [-0.2, -0.15) is 0 Å². The highest BCUT2D eigenvalue weighted by Crippen LogP contribution is 2.28. The van der Waals surface area contributed by atoms with Crippen LogP contribution in [0, 0.1) is 6.92 Å². The van der Waals surface area contributed by atoms with E-state index in [4.69, 9.17) is 0 Å². The maximum atomic E-state index is 3.48. The van der Waals surface area contributed by atoms with Crippen molar-refractivity contribution in [3.63, 3.8) is 0 Å². The van der Waals surface area contributed by atoms with Gasteiger partial charge >= 0.3 is 0 Å². The van der Waals surface area contributed by atoms with Crippen LogP contribution in [-0.4, -0.2) is 4.98 Å². The van der Waals surface area contributed by atoms with E-state index in [0.717, 1.165) is 0 Å². The Kier molecular flexibility index (Phi) is 2.22. The van der Waals surface area contributed by atoms with E-state index in [9.17, 15) is 0 Å². The topological polar surface area (TPSA) is 15.8 Å². The van der Waals surface area contributed by atoms with Gasteiger partial charge in [0, 0.05) is 21.8 Å². The molecular formula is C16H17N. The van der Waals surface area contributed by atoms with Crippen molar-refractivity contribution in [1.29, 1.82) is 0 Å². The van der Waals surface area contributed by atoms with E-state index < -0.39 is 0 Å². The van der Waals surface area contributed by atoms with Crippen LogP contribution in [0.2, 0.25) is 0 Å². The summed E-state index contributed by atoms with van der Waals surface area (Å²) >= 11 is 0. The highest BCUT2D eigenvalue weighted by Gasteiger charge is 2.06. The molecule has 0 aliphatic carbocycles. The molecule has 0 saturated heterocycles. The van der Waals surface area contributed by atoms with Crippen molar-refractivity contribution in [1.82, 2.24) is 4.98 Å². The van der Waals surface area contributed by atoms with Crippen LogP contribution in [0.5, 0.6) is 0 Å². The molecule has 0 saturated carbocycles. The first kappa shape index (κ1) is 10.4. The lowest BCUT2D eigenvalue weighted by molar-refractivity contribution is 0.869. The van der Waals surface area contributed by atoms with Gasteiger partial charge < -0.3 is 4.98 Å². The zero-order chi connectivity index (χ0) is 12.0. The summed E-state index contributed by atoms with van der Waals surface area (Å²) in [6.45, 7) is 6.60. The zero-order valence-electron chi connectivity index (χ0n) is 10.5. The number of benzene rings is 2. The lowest BCUT2D eigenvalue weighted by Crippen LogP contribution is -1.85. The van der Waals surface area contributed by atoms with Gasteiger partial charge in [0.05, 0.1) is 0 Å². The average molecular weight is 223 g/mol. The van der Waals surface area contributed by atoms with E-state index in [0.29, 0.717) is 5.92 Å². The third-order valence-corrected chi connectivity index (χ3v) is 3.44. The van der Waals surface area contributed by atoms with Crippen molar-refractivity contribution in [2.24, 2.45) is 0 Å². The molecule has 2 aromatic carbocycles. The molecule has 0 radical (unpaired) electrons. The Morgan fingerprint density at radius 2 is 1.71 bits per heavy atom. The molecule has 3 aromatic rings. The molecule has 0 aliphatic heterocycles. The molecule has 1 heteroatoms. The first-order chi connectivity index (χ1) is 8.15. The van der Waals surface area contributed by atoms with Crippen molar-refractivity contribution >= 4 is 21.8 Å². The fourth-order valence-corrected chi connectivity index (χ4v) is 2.39. The number of hydrogen-bond acceptors (Lipinski definition) is 0. The van der Waals surface area contributed by atoms with Gasteiger partial charge in [0.2, 0.25) is 0 Å². The van der Waals surface area contributed by atoms with Gasteiger partial charge in [0.15, 0.2) is 0 Å². The van der Waals surface area contributed by atoms with Crippen molar-refractivity contribution in [2.75, 3.05) is 0 Å². The van der Waals surface area contributed by atoms with Gasteiger partial charge in [-0.25, -0.2) is 0 Å². The summed E-state index contributed by atoms with van der Waals surface area (Å²) in [6, 6.07) is 13.3. The molecular weight excluding hydrogens is 206 g/mol. The van der Waals surface area contributed by atoms with Gasteiger partial charge in [-0.3, -0.25) is 0 Å². The number of aryl methyl sites for hydroxylation is 1. The number of hydrogen-bond donors (Lipinski definition) is 1. The summed E-state index contributed by atoms with van der Waals surface area (Å²) in [7, 11) is 0. The third kappa shape index (κ3) is 1.62. The highest BCUT2D eigenvalue weighted by atomic mass is 14.7. The Balaban J connectivity index is 2.37. The van der Waals surface area contributed by atoms with Crippen molar-refractivity contribution < 1.29 is 0 Å². The van der Waals surface area contributed by atoms with Gasteiger partial charge in [-0.15, -0.1) is 0 Å². The van der Waals surface area contributed by atoms with Crippen LogP contribution in [0.3, 0.4) is 0 Å². The number of fused-ring (bicyclic) bond motifs is 3. The van der Waals surface area contributed by atoms with Gasteiger partial charge in [-0.05, 0) is 42.2 Å². The second-order valence-electron chi connectivity index (χ2n) is 5.13. The number of aromatic nitrogens is 1. The van der Waals surface area contributed by atoms with Crippen LogP contribution in [0.15, 0.2) is 36.4 Å². The fraction of sp³-hybridized carbons (Fsp3) is 0.250. The van der Waals surface area contributed by atoms with Crippen molar-refractivity contribution in [3.05, 3.63) is 47.5 Å². The minimum absolute atomic E-state index is 0.579. The molecule has 0 unspecified atom stereocenters. The largest absolute Gasteiger partial charge is 0.355 e. The molecule has 0 amide bonds. The van der Waals surface area contributed by atoms with E-state index in [2.05, 4.69) is 62.2 Å². The molecule has 0 bridgehead atoms. The van der Waals surface area contributed by atoms with Crippen molar-refractivity contribution in [2.45, 2.75) is 26.7 Å². The maximum Gasteiger partial charge on any atom is 0.0467 e. The minimum Gasteiger partial charge on any atom is -0.355 e. The average Bonchev–Trinajstić information content (AvgIpc) is 2.64. The van der Waals surface area contributed by atoms with E-state index in [1.54, 1.807) is 0 Å². The van der Waals surface area contributed by atoms with Gasteiger partial charge in [0.1, 0.15) is 0 Å². The van der Waals surface area contributed by atoms with Crippen LogP contribution < -0.4 is 0 Å². The van der Waals surface area contributed by atoms with Crippen LogP contribution in [0.1, 0.15) is 30.9 Å². The van der Waals surface area contributed by atoms with E-state index in [1.807, 2.05) is 0 Å². The molecule has 0 fully saturated rings. The third-order valence-electron chi connectivity index (χ3n) is 3.44. The van der Waals surface area contributed by atoms with E-state index in [1.165, 1.54) is 32.9 Å². The fourth-order valence-electron chi connectivity index (χ4n) is 2.39. The zero-order valence-corrected chi connectivity index (χ0v) is 10.5.